The second-order valence-electron chi connectivity index (χ2n) is 5.78. The number of aryl methyl sites for hydroxylation is 1. The summed E-state index contributed by atoms with van der Waals surface area (Å²) in [5, 5.41) is 5.08. The maximum Gasteiger partial charge on any atom is 0.236 e. The van der Waals surface area contributed by atoms with E-state index in [9.17, 15) is 4.79 Å². The fourth-order valence-corrected chi connectivity index (χ4v) is 3.67. The van der Waals surface area contributed by atoms with Crippen molar-refractivity contribution >= 4 is 17.2 Å². The van der Waals surface area contributed by atoms with E-state index < -0.39 is 0 Å². The van der Waals surface area contributed by atoms with Crippen LogP contribution in [0.4, 0.5) is 0 Å². The Hall–Kier alpha value is -1.66. The first-order chi connectivity index (χ1) is 10.7. The van der Waals surface area contributed by atoms with E-state index in [0.29, 0.717) is 29.8 Å². The molecule has 2 aromatic heterocycles. The normalized spacial score (nSPS) is 21.2. The lowest BCUT2D eigenvalue weighted by Gasteiger charge is -2.19. The van der Waals surface area contributed by atoms with Crippen LogP contribution in [0.1, 0.15) is 30.7 Å². The maximum atomic E-state index is 12.2. The monoisotopic (exact) mass is 319 g/mol. The van der Waals surface area contributed by atoms with E-state index in [-0.39, 0.29) is 18.4 Å². The van der Waals surface area contributed by atoms with Gasteiger partial charge >= 0.3 is 0 Å². The number of aromatic nitrogens is 1. The van der Waals surface area contributed by atoms with Crippen LogP contribution in [-0.2, 0) is 11.2 Å². The second kappa shape index (κ2) is 6.62. The van der Waals surface area contributed by atoms with Crippen LogP contribution in [0.2, 0.25) is 0 Å². The van der Waals surface area contributed by atoms with Gasteiger partial charge in [0.15, 0.2) is 0 Å². The molecule has 2 heterocycles. The molecule has 0 saturated heterocycles. The molecular formula is C16H21N3O2S. The quantitative estimate of drug-likeness (QED) is 0.887. The van der Waals surface area contributed by atoms with Crippen molar-refractivity contribution in [2.45, 2.75) is 38.6 Å². The largest absolute Gasteiger partial charge is 0.440 e. The molecule has 1 amide bonds. The topological polar surface area (TPSA) is 81.2 Å². The predicted molar refractivity (Wildman–Crippen MR) is 86.6 cm³/mol. The van der Waals surface area contributed by atoms with Gasteiger partial charge in [0.2, 0.25) is 11.8 Å². The number of nitrogens with two attached hydrogens (primary N) is 1. The number of thiophene rings is 1. The molecule has 0 radical (unpaired) electrons. The number of hydrogen-bond donors (Lipinski definition) is 2. The number of hydrogen-bond acceptors (Lipinski definition) is 5. The van der Waals surface area contributed by atoms with Gasteiger partial charge in [0, 0.05) is 6.04 Å². The highest BCUT2D eigenvalue weighted by Crippen LogP contribution is 2.27. The number of rotatable bonds is 5. The van der Waals surface area contributed by atoms with Crippen LogP contribution in [0.5, 0.6) is 0 Å². The van der Waals surface area contributed by atoms with Crippen LogP contribution in [0.25, 0.3) is 10.8 Å². The van der Waals surface area contributed by atoms with Crippen molar-refractivity contribution in [1.29, 1.82) is 0 Å². The van der Waals surface area contributed by atoms with E-state index in [2.05, 4.69) is 10.3 Å². The number of nitrogens with zero attached hydrogens (tertiary/aromatic N) is 1. The highest BCUT2D eigenvalue weighted by atomic mass is 32.1. The van der Waals surface area contributed by atoms with Gasteiger partial charge in [-0.3, -0.25) is 4.79 Å². The van der Waals surface area contributed by atoms with Crippen molar-refractivity contribution in [1.82, 2.24) is 10.3 Å². The Kier molecular flexibility index (Phi) is 4.59. The van der Waals surface area contributed by atoms with Crippen LogP contribution >= 0.6 is 11.3 Å². The molecule has 2 atom stereocenters. The van der Waals surface area contributed by atoms with Crippen molar-refractivity contribution in [2.75, 3.05) is 6.54 Å². The minimum atomic E-state index is -0.000482. The van der Waals surface area contributed by atoms with E-state index in [4.69, 9.17) is 10.2 Å². The Labute approximate surface area is 133 Å². The van der Waals surface area contributed by atoms with Crippen LogP contribution in [-0.4, -0.2) is 23.5 Å². The van der Waals surface area contributed by atoms with Crippen molar-refractivity contribution in [2.24, 2.45) is 11.7 Å². The summed E-state index contributed by atoms with van der Waals surface area (Å²) in [6, 6.07) is 4.13. The summed E-state index contributed by atoms with van der Waals surface area (Å²) in [4.78, 5) is 17.7. The van der Waals surface area contributed by atoms with Gasteiger partial charge < -0.3 is 15.5 Å². The Balaban J connectivity index is 1.64. The molecule has 0 aliphatic heterocycles. The number of oxazole rings is 1. The van der Waals surface area contributed by atoms with Crippen molar-refractivity contribution in [3.05, 3.63) is 29.0 Å². The predicted octanol–water partition coefficient (Wildman–Crippen LogP) is 2.50. The van der Waals surface area contributed by atoms with Crippen LogP contribution in [0.15, 0.2) is 21.9 Å². The fraction of sp³-hybridized carbons (Fsp3) is 0.500. The fourth-order valence-electron chi connectivity index (χ4n) is 3.02. The number of amides is 1. The third-order valence-electron chi connectivity index (χ3n) is 4.26. The minimum absolute atomic E-state index is 0.000482. The van der Waals surface area contributed by atoms with E-state index in [1.165, 1.54) is 0 Å². The van der Waals surface area contributed by atoms with Crippen molar-refractivity contribution < 1.29 is 9.21 Å². The lowest BCUT2D eigenvalue weighted by atomic mass is 10.0. The molecule has 1 aliphatic rings. The van der Waals surface area contributed by atoms with Gasteiger partial charge in [-0.1, -0.05) is 12.5 Å². The zero-order chi connectivity index (χ0) is 15.5. The Morgan fingerprint density at radius 1 is 1.55 bits per heavy atom. The molecular weight excluding hydrogens is 298 g/mol. The molecule has 2 unspecified atom stereocenters. The smallest absolute Gasteiger partial charge is 0.236 e. The van der Waals surface area contributed by atoms with Gasteiger partial charge in [-0.2, -0.15) is 0 Å². The molecule has 118 valence electrons. The van der Waals surface area contributed by atoms with Gasteiger partial charge in [0.25, 0.3) is 0 Å². The first-order valence-electron chi connectivity index (χ1n) is 7.67. The van der Waals surface area contributed by atoms with Crippen LogP contribution in [0, 0.1) is 12.8 Å². The summed E-state index contributed by atoms with van der Waals surface area (Å²) >= 11 is 1.58. The van der Waals surface area contributed by atoms with Gasteiger partial charge in [-0.05, 0) is 43.7 Å². The summed E-state index contributed by atoms with van der Waals surface area (Å²) in [6.45, 7) is 2.49. The maximum absolute atomic E-state index is 12.2. The van der Waals surface area contributed by atoms with E-state index in [1.807, 2.05) is 24.4 Å². The van der Waals surface area contributed by atoms with E-state index in [1.54, 1.807) is 11.3 Å². The summed E-state index contributed by atoms with van der Waals surface area (Å²) in [6.07, 6.45) is 3.52. The Bertz CT molecular complexity index is 636. The van der Waals surface area contributed by atoms with E-state index >= 15 is 0 Å². The van der Waals surface area contributed by atoms with Gasteiger partial charge in [0.1, 0.15) is 5.76 Å². The molecule has 1 saturated carbocycles. The molecule has 5 nitrogen and oxygen atoms in total. The van der Waals surface area contributed by atoms with E-state index in [0.717, 1.165) is 24.1 Å². The Morgan fingerprint density at radius 2 is 2.41 bits per heavy atom. The van der Waals surface area contributed by atoms with Gasteiger partial charge in [-0.25, -0.2) is 4.98 Å². The SMILES string of the molecule is Cc1oc(-c2cccs2)nc1CC(=O)NC1CCCC1CN. The first kappa shape index (κ1) is 15.2. The van der Waals surface area contributed by atoms with Crippen LogP contribution in [0.3, 0.4) is 0 Å². The molecule has 3 rings (SSSR count). The minimum Gasteiger partial charge on any atom is -0.440 e. The summed E-state index contributed by atoms with van der Waals surface area (Å²) in [5.74, 6) is 1.71. The van der Waals surface area contributed by atoms with Crippen molar-refractivity contribution in [3.8, 4) is 10.8 Å². The molecule has 1 aliphatic carbocycles. The zero-order valence-corrected chi connectivity index (χ0v) is 13.5. The zero-order valence-electron chi connectivity index (χ0n) is 12.7. The third kappa shape index (κ3) is 3.23. The molecule has 6 heteroatoms. The Morgan fingerprint density at radius 3 is 3.14 bits per heavy atom. The first-order valence-corrected chi connectivity index (χ1v) is 8.55. The molecule has 0 aromatic carbocycles. The highest BCUT2D eigenvalue weighted by Gasteiger charge is 2.27. The standard InChI is InChI=1S/C16H21N3O2S/c1-10-13(19-16(21-10)14-6-3-7-22-14)8-15(20)18-12-5-2-4-11(12)9-17/h3,6-7,11-12H,2,4-5,8-9,17H2,1H3,(H,18,20). The average molecular weight is 319 g/mol. The second-order valence-corrected chi connectivity index (χ2v) is 6.72. The molecule has 0 spiro atoms. The van der Waals surface area contributed by atoms with Gasteiger partial charge in [-0.15, -0.1) is 11.3 Å². The highest BCUT2D eigenvalue weighted by molar-refractivity contribution is 7.13. The summed E-state index contributed by atoms with van der Waals surface area (Å²) in [7, 11) is 0. The van der Waals surface area contributed by atoms with Crippen LogP contribution < -0.4 is 11.1 Å². The summed E-state index contributed by atoms with van der Waals surface area (Å²) in [5.41, 5.74) is 6.47. The van der Waals surface area contributed by atoms with Crippen molar-refractivity contribution in [3.63, 3.8) is 0 Å². The average Bonchev–Trinajstić information content (AvgIpc) is 3.21. The molecule has 1 fully saturated rings. The molecule has 0 bridgehead atoms. The lowest BCUT2D eigenvalue weighted by Crippen LogP contribution is -2.40. The number of nitrogens with one attached hydrogen (secondary N) is 1. The number of carbonyl (C=O) groups excluding carboxylic acids is 1. The third-order valence-corrected chi connectivity index (χ3v) is 5.12. The lowest BCUT2D eigenvalue weighted by molar-refractivity contribution is -0.121. The molecule has 3 N–H and O–H groups in total. The molecule has 2 aromatic rings. The summed E-state index contributed by atoms with van der Waals surface area (Å²) < 4.78 is 5.67. The number of carbonyl (C=O) groups is 1. The van der Waals surface area contributed by atoms with Gasteiger partial charge in [0.05, 0.1) is 17.0 Å². The molecule has 22 heavy (non-hydrogen) atoms.